The molecule has 2 N–H and O–H groups in total. The van der Waals surface area contributed by atoms with Crippen LogP contribution in [0.25, 0.3) is 11.1 Å². The van der Waals surface area contributed by atoms with E-state index in [1.54, 1.807) is 6.20 Å². The molecule has 1 aromatic heterocycles. The third-order valence-corrected chi connectivity index (χ3v) is 6.00. The van der Waals surface area contributed by atoms with Crippen molar-refractivity contribution in [2.75, 3.05) is 32.8 Å². The van der Waals surface area contributed by atoms with E-state index in [9.17, 15) is 4.79 Å². The highest BCUT2D eigenvalue weighted by atomic mass is 16.5. The maximum absolute atomic E-state index is 12.9. The lowest BCUT2D eigenvalue weighted by atomic mass is 9.79. The van der Waals surface area contributed by atoms with Crippen LogP contribution in [0.2, 0.25) is 0 Å². The monoisotopic (exact) mass is 368 g/mol. The number of hydrogen-bond acceptors (Lipinski definition) is 4. The summed E-state index contributed by atoms with van der Waals surface area (Å²) in [6.45, 7) is 4.23. The van der Waals surface area contributed by atoms with Crippen LogP contribution >= 0.6 is 0 Å². The second-order valence-electron chi connectivity index (χ2n) is 7.63. The Bertz CT molecular complexity index is 747. The van der Waals surface area contributed by atoms with Gasteiger partial charge in [0.1, 0.15) is 0 Å². The smallest absolute Gasteiger partial charge is 0.251 e. The van der Waals surface area contributed by atoms with Gasteiger partial charge in [-0.05, 0) is 30.5 Å². The van der Waals surface area contributed by atoms with Gasteiger partial charge in [-0.15, -0.1) is 0 Å². The molecule has 6 nitrogen and oxygen atoms in total. The van der Waals surface area contributed by atoms with Crippen LogP contribution in [-0.2, 0) is 4.74 Å². The maximum Gasteiger partial charge on any atom is 0.251 e. The van der Waals surface area contributed by atoms with E-state index in [0.717, 1.165) is 50.3 Å². The van der Waals surface area contributed by atoms with Crippen LogP contribution in [0, 0.1) is 0 Å². The van der Waals surface area contributed by atoms with Crippen molar-refractivity contribution >= 4 is 5.91 Å². The molecule has 1 aliphatic heterocycles. The Labute approximate surface area is 160 Å². The van der Waals surface area contributed by atoms with Crippen LogP contribution < -0.4 is 5.32 Å². The molecule has 1 aliphatic carbocycles. The average molecular weight is 368 g/mol. The molecule has 144 valence electrons. The number of carbonyl (C=O) groups is 1. The molecule has 2 heterocycles. The van der Waals surface area contributed by atoms with E-state index in [2.05, 4.69) is 20.4 Å². The standard InChI is InChI=1S/C21H28N4O2/c26-20(18-6-4-5-17(13-18)19-14-23-24-15-19)22-16-21(7-2-1-3-8-21)25-9-11-27-12-10-25/h4-6,13-15H,1-3,7-12,16H2,(H,22,26)(H,23,24). The number of hydrogen-bond donors (Lipinski definition) is 2. The van der Waals surface area contributed by atoms with Gasteiger partial charge in [-0.2, -0.15) is 5.10 Å². The Morgan fingerprint density at radius 3 is 2.74 bits per heavy atom. The first-order valence-electron chi connectivity index (χ1n) is 9.97. The van der Waals surface area contributed by atoms with Crippen molar-refractivity contribution in [3.05, 3.63) is 42.2 Å². The first-order valence-corrected chi connectivity index (χ1v) is 9.97. The summed E-state index contributed by atoms with van der Waals surface area (Å²) in [6.07, 6.45) is 9.70. The Morgan fingerprint density at radius 1 is 1.19 bits per heavy atom. The molecule has 2 aliphatic rings. The summed E-state index contributed by atoms with van der Waals surface area (Å²) < 4.78 is 5.54. The number of carbonyl (C=O) groups excluding carboxylic acids is 1. The number of ether oxygens (including phenoxy) is 1. The van der Waals surface area contributed by atoms with Crippen molar-refractivity contribution in [1.82, 2.24) is 20.4 Å². The zero-order valence-corrected chi connectivity index (χ0v) is 15.7. The van der Waals surface area contributed by atoms with Crippen LogP contribution in [0.3, 0.4) is 0 Å². The SMILES string of the molecule is O=C(NCC1(N2CCOCC2)CCCCC1)c1cccc(-c2cn[nH]c2)c1. The normalized spacial score (nSPS) is 20.3. The highest BCUT2D eigenvalue weighted by Crippen LogP contribution is 2.34. The molecule has 1 saturated carbocycles. The molecule has 2 aromatic rings. The molecule has 6 heteroatoms. The third kappa shape index (κ3) is 4.06. The number of nitrogens with zero attached hydrogens (tertiary/aromatic N) is 2. The van der Waals surface area contributed by atoms with Crippen molar-refractivity contribution in [3.8, 4) is 11.1 Å². The number of morpholine rings is 1. The molecule has 0 spiro atoms. The molecule has 0 unspecified atom stereocenters. The fraction of sp³-hybridized carbons (Fsp3) is 0.524. The van der Waals surface area contributed by atoms with Gasteiger partial charge in [0.15, 0.2) is 0 Å². The highest BCUT2D eigenvalue weighted by molar-refractivity contribution is 5.95. The molecule has 0 bridgehead atoms. The molecule has 0 atom stereocenters. The van der Waals surface area contributed by atoms with E-state index >= 15 is 0 Å². The second kappa shape index (κ2) is 8.23. The van der Waals surface area contributed by atoms with Crippen LogP contribution in [0.5, 0.6) is 0 Å². The van der Waals surface area contributed by atoms with E-state index < -0.39 is 0 Å². The van der Waals surface area contributed by atoms with Crippen molar-refractivity contribution < 1.29 is 9.53 Å². The predicted octanol–water partition coefficient (Wildman–Crippen LogP) is 2.84. The fourth-order valence-electron chi connectivity index (χ4n) is 4.45. The van der Waals surface area contributed by atoms with Crippen LogP contribution in [0.4, 0.5) is 0 Å². The summed E-state index contributed by atoms with van der Waals surface area (Å²) in [4.78, 5) is 15.4. The molecule has 2 fully saturated rings. The first kappa shape index (κ1) is 18.2. The van der Waals surface area contributed by atoms with E-state index in [0.29, 0.717) is 12.1 Å². The summed E-state index contributed by atoms with van der Waals surface area (Å²) in [6, 6.07) is 7.73. The maximum atomic E-state index is 12.9. The number of aromatic amines is 1. The Balaban J connectivity index is 1.46. The number of rotatable bonds is 5. The zero-order valence-electron chi connectivity index (χ0n) is 15.7. The number of amides is 1. The van der Waals surface area contributed by atoms with E-state index in [1.165, 1.54) is 19.3 Å². The number of nitrogens with one attached hydrogen (secondary N) is 2. The molecule has 27 heavy (non-hydrogen) atoms. The van der Waals surface area contributed by atoms with Gasteiger partial charge in [-0.1, -0.05) is 31.4 Å². The minimum atomic E-state index is -0.00134. The van der Waals surface area contributed by atoms with Gasteiger partial charge < -0.3 is 10.1 Å². The van der Waals surface area contributed by atoms with Gasteiger partial charge in [-0.3, -0.25) is 14.8 Å². The van der Waals surface area contributed by atoms with Crippen LogP contribution in [0.1, 0.15) is 42.5 Å². The molecular formula is C21H28N4O2. The van der Waals surface area contributed by atoms with E-state index in [4.69, 9.17) is 4.74 Å². The molecule has 0 radical (unpaired) electrons. The largest absolute Gasteiger partial charge is 0.379 e. The summed E-state index contributed by atoms with van der Waals surface area (Å²) in [5.74, 6) is -0.00134. The van der Waals surface area contributed by atoms with E-state index in [1.807, 2.05) is 30.5 Å². The van der Waals surface area contributed by atoms with Crippen molar-refractivity contribution in [1.29, 1.82) is 0 Å². The number of aromatic nitrogens is 2. The van der Waals surface area contributed by atoms with Gasteiger partial charge in [0, 0.05) is 42.5 Å². The topological polar surface area (TPSA) is 70.2 Å². The summed E-state index contributed by atoms with van der Waals surface area (Å²) in [5, 5.41) is 10.0. The minimum Gasteiger partial charge on any atom is -0.379 e. The Kier molecular flexibility index (Phi) is 5.55. The van der Waals surface area contributed by atoms with Gasteiger partial charge in [0.25, 0.3) is 5.91 Å². The molecule has 1 amide bonds. The van der Waals surface area contributed by atoms with Crippen molar-refractivity contribution in [2.24, 2.45) is 0 Å². The fourth-order valence-corrected chi connectivity index (χ4v) is 4.45. The van der Waals surface area contributed by atoms with Gasteiger partial charge in [0.05, 0.1) is 19.4 Å². The molecule has 1 saturated heterocycles. The van der Waals surface area contributed by atoms with Crippen LogP contribution in [0.15, 0.2) is 36.7 Å². The first-order chi connectivity index (χ1) is 13.3. The zero-order chi connectivity index (χ0) is 18.5. The molecular weight excluding hydrogens is 340 g/mol. The second-order valence-corrected chi connectivity index (χ2v) is 7.63. The third-order valence-electron chi connectivity index (χ3n) is 6.00. The summed E-state index contributed by atoms with van der Waals surface area (Å²) in [7, 11) is 0. The van der Waals surface area contributed by atoms with Crippen molar-refractivity contribution in [3.63, 3.8) is 0 Å². The Morgan fingerprint density at radius 2 is 2.00 bits per heavy atom. The van der Waals surface area contributed by atoms with E-state index in [-0.39, 0.29) is 11.4 Å². The summed E-state index contributed by atoms with van der Waals surface area (Å²) >= 11 is 0. The van der Waals surface area contributed by atoms with Crippen molar-refractivity contribution in [2.45, 2.75) is 37.6 Å². The minimum absolute atomic E-state index is 0.00134. The lowest BCUT2D eigenvalue weighted by Gasteiger charge is -2.48. The van der Waals surface area contributed by atoms with Gasteiger partial charge >= 0.3 is 0 Å². The highest BCUT2D eigenvalue weighted by Gasteiger charge is 2.38. The average Bonchev–Trinajstić information content (AvgIpc) is 3.28. The quantitative estimate of drug-likeness (QED) is 0.851. The van der Waals surface area contributed by atoms with Gasteiger partial charge in [-0.25, -0.2) is 0 Å². The summed E-state index contributed by atoms with van der Waals surface area (Å²) in [5.41, 5.74) is 2.76. The predicted molar refractivity (Wildman–Crippen MR) is 105 cm³/mol. The van der Waals surface area contributed by atoms with Crippen LogP contribution in [-0.4, -0.2) is 59.4 Å². The molecule has 1 aromatic carbocycles. The number of H-pyrrole nitrogens is 1. The Hall–Kier alpha value is -2.18. The number of benzene rings is 1. The lowest BCUT2D eigenvalue weighted by molar-refractivity contribution is -0.0361. The lowest BCUT2D eigenvalue weighted by Crippen LogP contribution is -2.59. The van der Waals surface area contributed by atoms with Gasteiger partial charge in [0.2, 0.25) is 0 Å². The molecule has 4 rings (SSSR count).